The predicted octanol–water partition coefficient (Wildman–Crippen LogP) is 24.1. The Labute approximate surface area is 513 Å². The van der Waals surface area contributed by atoms with Crippen LogP contribution in [0.1, 0.15) is 316 Å². The molecule has 0 spiro atoms. The van der Waals surface area contributed by atoms with Gasteiger partial charge in [-0.1, -0.05) is 315 Å². The molecule has 0 aliphatic rings. The molecule has 6 heteroatoms. The highest BCUT2D eigenvalue weighted by Gasteiger charge is 2.19. The Bertz CT molecular complexity index is 1750. The van der Waals surface area contributed by atoms with E-state index in [1.165, 1.54) is 109 Å². The summed E-state index contributed by atoms with van der Waals surface area (Å²) in [5.74, 6) is -0.915. The van der Waals surface area contributed by atoms with E-state index in [2.05, 4.69) is 154 Å². The van der Waals surface area contributed by atoms with Gasteiger partial charge < -0.3 is 14.2 Å². The molecule has 0 heterocycles. The van der Waals surface area contributed by atoms with Gasteiger partial charge in [0.25, 0.3) is 0 Å². The van der Waals surface area contributed by atoms with Gasteiger partial charge in [0.1, 0.15) is 13.2 Å². The van der Waals surface area contributed by atoms with E-state index in [1.807, 2.05) is 0 Å². The van der Waals surface area contributed by atoms with Crippen LogP contribution in [0.3, 0.4) is 0 Å². The summed E-state index contributed by atoms with van der Waals surface area (Å²) in [6.45, 7) is 6.46. The highest BCUT2D eigenvalue weighted by Crippen LogP contribution is 2.17. The van der Waals surface area contributed by atoms with Gasteiger partial charge in [-0.3, -0.25) is 14.4 Å². The van der Waals surface area contributed by atoms with Crippen molar-refractivity contribution in [3.63, 3.8) is 0 Å². The van der Waals surface area contributed by atoms with Crippen molar-refractivity contribution < 1.29 is 28.6 Å². The normalized spacial score (nSPS) is 13.0. The Morgan fingerprint density at radius 1 is 0.253 bits per heavy atom. The molecule has 0 bridgehead atoms. The molecule has 0 aromatic rings. The third-order valence-corrected chi connectivity index (χ3v) is 14.6. The summed E-state index contributed by atoms with van der Waals surface area (Å²) in [5, 5.41) is 0. The molecule has 0 rings (SSSR count). The number of hydrogen-bond acceptors (Lipinski definition) is 6. The third kappa shape index (κ3) is 68.2. The molecule has 472 valence electrons. The fourth-order valence-corrected chi connectivity index (χ4v) is 9.47. The second-order valence-electron chi connectivity index (χ2n) is 22.7. The lowest BCUT2D eigenvalue weighted by atomic mass is 10.0. The molecule has 0 aliphatic carbocycles. The maximum Gasteiger partial charge on any atom is 0.306 e. The van der Waals surface area contributed by atoms with Crippen LogP contribution < -0.4 is 0 Å². The van der Waals surface area contributed by atoms with Gasteiger partial charge >= 0.3 is 17.9 Å². The molecule has 6 nitrogen and oxygen atoms in total. The molecular weight excluding hydrogens is 1020 g/mol. The van der Waals surface area contributed by atoms with Gasteiger partial charge in [0.05, 0.1) is 0 Å². The maximum absolute atomic E-state index is 12.9. The summed E-state index contributed by atoms with van der Waals surface area (Å²) in [5.41, 5.74) is 0. The Kier molecular flexibility index (Phi) is 66.3. The zero-order chi connectivity index (χ0) is 59.9. The van der Waals surface area contributed by atoms with Crippen LogP contribution in [0, 0.1) is 0 Å². The fourth-order valence-electron chi connectivity index (χ4n) is 9.47. The van der Waals surface area contributed by atoms with E-state index in [0.717, 1.165) is 167 Å². The minimum Gasteiger partial charge on any atom is -0.462 e. The summed E-state index contributed by atoms with van der Waals surface area (Å²) < 4.78 is 16.9. The first-order valence-corrected chi connectivity index (χ1v) is 34.7. The van der Waals surface area contributed by atoms with Gasteiger partial charge in [-0.2, -0.15) is 0 Å². The van der Waals surface area contributed by atoms with Crippen LogP contribution >= 0.6 is 0 Å². The Morgan fingerprint density at radius 2 is 0.494 bits per heavy atom. The van der Waals surface area contributed by atoms with Crippen molar-refractivity contribution in [2.75, 3.05) is 13.2 Å². The number of carbonyl (C=O) groups is 3. The van der Waals surface area contributed by atoms with Crippen LogP contribution in [-0.4, -0.2) is 37.2 Å². The van der Waals surface area contributed by atoms with Crippen molar-refractivity contribution in [3.05, 3.63) is 134 Å². The SMILES string of the molecule is CC/C=C\C/C=C\C/C=C\C/C=C\C/C=C\C/C=C\C/C=C\C/C=C\C/C=C\CCCCCCCC(=O)OCC(COC(=O)CCCCCCC/C=C\C/C=C\CCC)OC(=O)CCCCCCCCCCCCCCCCCCCCC. The molecule has 0 aliphatic heterocycles. The van der Waals surface area contributed by atoms with Crippen molar-refractivity contribution in [1.82, 2.24) is 0 Å². The number of unbranched alkanes of at least 4 members (excludes halogenated alkanes) is 29. The zero-order valence-electron chi connectivity index (χ0n) is 54.2. The lowest BCUT2D eigenvalue weighted by molar-refractivity contribution is -0.167. The maximum atomic E-state index is 12.9. The molecule has 0 saturated heterocycles. The van der Waals surface area contributed by atoms with E-state index >= 15 is 0 Å². The number of hydrogen-bond donors (Lipinski definition) is 0. The van der Waals surface area contributed by atoms with Gasteiger partial charge in [0, 0.05) is 19.3 Å². The Hall–Kier alpha value is -4.45. The second-order valence-corrected chi connectivity index (χ2v) is 22.7. The van der Waals surface area contributed by atoms with Crippen LogP contribution in [0.15, 0.2) is 134 Å². The van der Waals surface area contributed by atoms with Crippen LogP contribution in [-0.2, 0) is 28.6 Å². The molecule has 0 aromatic heterocycles. The number of rotatable bonds is 62. The summed E-state index contributed by atoms with van der Waals surface area (Å²) in [6.07, 6.45) is 99.0. The molecule has 1 unspecified atom stereocenters. The van der Waals surface area contributed by atoms with Gasteiger partial charge in [0.2, 0.25) is 0 Å². The number of esters is 3. The highest BCUT2D eigenvalue weighted by molar-refractivity contribution is 5.71. The largest absolute Gasteiger partial charge is 0.462 e. The summed E-state index contributed by atoms with van der Waals surface area (Å²) in [6, 6.07) is 0. The fraction of sp³-hybridized carbons (Fsp3) is 0.675. The van der Waals surface area contributed by atoms with Crippen molar-refractivity contribution >= 4 is 17.9 Å². The van der Waals surface area contributed by atoms with Gasteiger partial charge in [-0.25, -0.2) is 0 Å². The first-order valence-electron chi connectivity index (χ1n) is 34.7. The van der Waals surface area contributed by atoms with Gasteiger partial charge in [-0.05, 0) is 116 Å². The molecule has 0 amide bonds. The molecule has 0 saturated carbocycles. The molecule has 0 aromatic carbocycles. The van der Waals surface area contributed by atoms with Crippen LogP contribution in [0.2, 0.25) is 0 Å². The molecule has 83 heavy (non-hydrogen) atoms. The molecule has 1 atom stereocenters. The van der Waals surface area contributed by atoms with Crippen molar-refractivity contribution in [3.8, 4) is 0 Å². The van der Waals surface area contributed by atoms with E-state index in [-0.39, 0.29) is 31.1 Å². The standard InChI is InChI=1S/C77H128O6/c1-4-7-10-13-16-19-22-25-27-29-31-32-33-34-35-36-37-38-39-40-41-42-43-44-46-47-49-52-55-58-61-64-67-70-76(79)82-73-74(72-81-75(78)69-66-63-60-57-54-51-24-21-18-15-12-9-6-3)83-77(80)71-68-65-62-59-56-53-50-48-45-30-28-26-23-20-17-14-11-8-5-2/h7,10,12,15-16,19,21,24-25,27,31-32,34-35,37-38,40-41,43-44,47,49,74H,4-6,8-9,11,13-14,17-18,20,22-23,26,28-30,33,36,39,42,45-46,48,50-73H2,1-3H3/b10-7-,15-12-,19-16-,24-21-,27-25-,32-31-,35-34-,38-37-,41-40-,44-43-,49-47-. The summed E-state index contributed by atoms with van der Waals surface area (Å²) >= 11 is 0. The lowest BCUT2D eigenvalue weighted by Gasteiger charge is -2.18. The van der Waals surface area contributed by atoms with E-state index in [1.54, 1.807) is 0 Å². The van der Waals surface area contributed by atoms with E-state index in [0.29, 0.717) is 19.3 Å². The van der Waals surface area contributed by atoms with E-state index < -0.39 is 6.10 Å². The van der Waals surface area contributed by atoms with E-state index in [9.17, 15) is 14.4 Å². The van der Waals surface area contributed by atoms with Crippen LogP contribution in [0.4, 0.5) is 0 Å². The minimum absolute atomic E-state index is 0.0919. The molecular formula is C77H128O6. The Balaban J connectivity index is 4.33. The highest BCUT2D eigenvalue weighted by atomic mass is 16.6. The molecule has 0 radical (unpaired) electrons. The average Bonchev–Trinajstić information content (AvgIpc) is 3.49. The summed E-state index contributed by atoms with van der Waals surface area (Å²) in [4.78, 5) is 38.4. The Morgan fingerprint density at radius 3 is 0.783 bits per heavy atom. The van der Waals surface area contributed by atoms with Crippen LogP contribution in [0.5, 0.6) is 0 Å². The minimum atomic E-state index is -0.795. The zero-order valence-corrected chi connectivity index (χ0v) is 54.2. The van der Waals surface area contributed by atoms with E-state index in [4.69, 9.17) is 14.2 Å². The number of carbonyl (C=O) groups excluding carboxylic acids is 3. The lowest BCUT2D eigenvalue weighted by Crippen LogP contribution is -2.30. The number of allylic oxidation sites excluding steroid dienone is 22. The first kappa shape index (κ1) is 78.5. The molecule has 0 fully saturated rings. The number of ether oxygens (including phenoxy) is 3. The molecule has 0 N–H and O–H groups in total. The quantitative estimate of drug-likeness (QED) is 0.0261. The smallest absolute Gasteiger partial charge is 0.306 e. The van der Waals surface area contributed by atoms with Gasteiger partial charge in [-0.15, -0.1) is 0 Å². The average molecular weight is 1150 g/mol. The van der Waals surface area contributed by atoms with Crippen molar-refractivity contribution in [1.29, 1.82) is 0 Å². The summed E-state index contributed by atoms with van der Waals surface area (Å²) in [7, 11) is 0. The van der Waals surface area contributed by atoms with Gasteiger partial charge in [0.15, 0.2) is 6.10 Å². The third-order valence-electron chi connectivity index (χ3n) is 14.6. The van der Waals surface area contributed by atoms with Crippen molar-refractivity contribution in [2.45, 2.75) is 322 Å². The first-order chi connectivity index (χ1) is 41.0. The monoisotopic (exact) mass is 1150 g/mol. The van der Waals surface area contributed by atoms with Crippen LogP contribution in [0.25, 0.3) is 0 Å². The van der Waals surface area contributed by atoms with Crippen molar-refractivity contribution in [2.24, 2.45) is 0 Å². The predicted molar refractivity (Wildman–Crippen MR) is 362 cm³/mol. The topological polar surface area (TPSA) is 78.9 Å². The second kappa shape index (κ2) is 70.0.